The van der Waals surface area contributed by atoms with Crippen molar-refractivity contribution < 1.29 is 9.53 Å². The Morgan fingerprint density at radius 3 is 2.65 bits per heavy atom. The Bertz CT molecular complexity index is 484. The first-order valence-corrected chi connectivity index (χ1v) is 8.81. The molecular formula is C19H30N2O2. The minimum atomic E-state index is -0.594. The van der Waals surface area contributed by atoms with Gasteiger partial charge in [-0.1, -0.05) is 56.4 Å². The zero-order valence-electron chi connectivity index (χ0n) is 14.2. The van der Waals surface area contributed by atoms with Gasteiger partial charge < -0.3 is 15.8 Å². The third kappa shape index (κ3) is 5.96. The van der Waals surface area contributed by atoms with Gasteiger partial charge in [0.25, 0.3) is 0 Å². The molecule has 23 heavy (non-hydrogen) atoms. The molecule has 1 unspecified atom stereocenters. The van der Waals surface area contributed by atoms with Gasteiger partial charge in [0.15, 0.2) is 0 Å². The summed E-state index contributed by atoms with van der Waals surface area (Å²) in [5.41, 5.74) is 8.22. The smallest absolute Gasteiger partial charge is 0.322 e. The van der Waals surface area contributed by atoms with E-state index in [2.05, 4.69) is 11.4 Å². The number of methoxy groups -OCH3 is 1. The van der Waals surface area contributed by atoms with Gasteiger partial charge in [0, 0.05) is 6.54 Å². The fourth-order valence-electron chi connectivity index (χ4n) is 3.41. The van der Waals surface area contributed by atoms with Crippen LogP contribution in [0, 0.1) is 5.92 Å². The predicted molar refractivity (Wildman–Crippen MR) is 93.0 cm³/mol. The van der Waals surface area contributed by atoms with Crippen molar-refractivity contribution in [2.24, 2.45) is 11.7 Å². The van der Waals surface area contributed by atoms with E-state index in [-0.39, 0.29) is 5.97 Å². The maximum Gasteiger partial charge on any atom is 0.322 e. The minimum absolute atomic E-state index is 0.356. The number of esters is 1. The normalized spacial score (nSPS) is 17.0. The molecule has 0 amide bonds. The van der Waals surface area contributed by atoms with Crippen LogP contribution in [0.5, 0.6) is 0 Å². The van der Waals surface area contributed by atoms with Crippen molar-refractivity contribution >= 4 is 5.97 Å². The van der Waals surface area contributed by atoms with E-state index >= 15 is 0 Å². The number of hydrogen-bond donors (Lipinski definition) is 2. The van der Waals surface area contributed by atoms with Crippen LogP contribution < -0.4 is 11.1 Å². The molecule has 0 bridgehead atoms. The molecule has 0 aromatic heterocycles. The molecule has 1 aliphatic rings. The zero-order chi connectivity index (χ0) is 16.5. The number of nitrogens with one attached hydrogen (secondary N) is 1. The molecule has 0 spiro atoms. The molecule has 2 rings (SSSR count). The van der Waals surface area contributed by atoms with Crippen LogP contribution in [0.3, 0.4) is 0 Å². The minimum Gasteiger partial charge on any atom is -0.468 e. The summed E-state index contributed by atoms with van der Waals surface area (Å²) < 4.78 is 4.71. The van der Waals surface area contributed by atoms with Crippen LogP contribution in [-0.4, -0.2) is 25.7 Å². The average molecular weight is 318 g/mol. The summed E-state index contributed by atoms with van der Waals surface area (Å²) in [5, 5.41) is 3.55. The van der Waals surface area contributed by atoms with E-state index in [1.54, 1.807) is 0 Å². The Kier molecular flexibility index (Phi) is 7.56. The molecule has 4 nitrogen and oxygen atoms in total. The molecule has 3 N–H and O–H groups in total. The van der Waals surface area contributed by atoms with Crippen molar-refractivity contribution in [2.75, 3.05) is 13.7 Å². The van der Waals surface area contributed by atoms with Gasteiger partial charge >= 0.3 is 5.97 Å². The average Bonchev–Trinajstić information content (AvgIpc) is 2.60. The van der Waals surface area contributed by atoms with Gasteiger partial charge in [0.2, 0.25) is 0 Å². The number of rotatable bonds is 8. The predicted octanol–water partition coefficient (Wildman–Crippen LogP) is 2.79. The molecule has 0 saturated heterocycles. The van der Waals surface area contributed by atoms with Crippen LogP contribution in [-0.2, 0) is 22.5 Å². The highest BCUT2D eigenvalue weighted by Gasteiger charge is 2.16. The van der Waals surface area contributed by atoms with Crippen LogP contribution in [0.4, 0.5) is 0 Å². The maximum absolute atomic E-state index is 11.5. The number of hydrogen-bond acceptors (Lipinski definition) is 4. The number of ether oxygens (including phenoxy) is 1. The topological polar surface area (TPSA) is 64.3 Å². The van der Waals surface area contributed by atoms with Crippen molar-refractivity contribution in [3.05, 3.63) is 35.4 Å². The number of carbonyl (C=O) groups excluding carboxylic acids is 1. The molecule has 1 aromatic rings. The Morgan fingerprint density at radius 1 is 1.26 bits per heavy atom. The molecule has 1 aliphatic carbocycles. The number of carbonyl (C=O) groups is 1. The van der Waals surface area contributed by atoms with E-state index in [1.807, 2.05) is 18.2 Å². The molecule has 0 heterocycles. The van der Waals surface area contributed by atoms with E-state index in [4.69, 9.17) is 10.5 Å². The van der Waals surface area contributed by atoms with Crippen molar-refractivity contribution in [1.29, 1.82) is 0 Å². The second-order valence-electron chi connectivity index (χ2n) is 6.57. The van der Waals surface area contributed by atoms with Gasteiger partial charge in [0.05, 0.1) is 7.11 Å². The summed E-state index contributed by atoms with van der Waals surface area (Å²) in [5.74, 6) is 0.546. The van der Waals surface area contributed by atoms with Crippen LogP contribution in [0.25, 0.3) is 0 Å². The molecule has 1 atom stereocenters. The Morgan fingerprint density at radius 2 is 1.96 bits per heavy atom. The highest BCUT2D eigenvalue weighted by Crippen LogP contribution is 2.25. The van der Waals surface area contributed by atoms with E-state index in [9.17, 15) is 4.79 Å². The fraction of sp³-hybridized carbons (Fsp3) is 0.632. The van der Waals surface area contributed by atoms with E-state index < -0.39 is 6.04 Å². The lowest BCUT2D eigenvalue weighted by atomic mass is 9.87. The van der Waals surface area contributed by atoms with Crippen LogP contribution in [0.15, 0.2) is 24.3 Å². The fourth-order valence-corrected chi connectivity index (χ4v) is 3.41. The third-order valence-corrected chi connectivity index (χ3v) is 4.83. The van der Waals surface area contributed by atoms with Gasteiger partial charge in [0.1, 0.15) is 6.04 Å². The molecule has 0 aliphatic heterocycles. The SMILES string of the molecule is COC(=O)C(N)Cc1ccccc1CNCCC1CCCCC1. The molecule has 1 aromatic carbocycles. The lowest BCUT2D eigenvalue weighted by Gasteiger charge is -2.21. The number of nitrogens with two attached hydrogens (primary N) is 1. The maximum atomic E-state index is 11.5. The van der Waals surface area contributed by atoms with Crippen molar-refractivity contribution in [3.63, 3.8) is 0 Å². The molecular weight excluding hydrogens is 288 g/mol. The van der Waals surface area contributed by atoms with Gasteiger partial charge in [-0.05, 0) is 36.4 Å². The highest BCUT2D eigenvalue weighted by molar-refractivity contribution is 5.75. The van der Waals surface area contributed by atoms with Gasteiger partial charge in [-0.3, -0.25) is 4.79 Å². The standard InChI is InChI=1S/C19H30N2O2/c1-23-19(22)18(20)13-16-9-5-6-10-17(16)14-21-12-11-15-7-3-2-4-8-15/h5-6,9-10,15,18,21H,2-4,7-8,11-14,20H2,1H3. The van der Waals surface area contributed by atoms with Crippen molar-refractivity contribution in [2.45, 2.75) is 57.5 Å². The van der Waals surface area contributed by atoms with Crippen LogP contribution >= 0.6 is 0 Å². The largest absolute Gasteiger partial charge is 0.468 e. The first-order valence-electron chi connectivity index (χ1n) is 8.81. The van der Waals surface area contributed by atoms with Gasteiger partial charge in [-0.25, -0.2) is 0 Å². The number of benzene rings is 1. The Balaban J connectivity index is 1.79. The molecule has 128 valence electrons. The molecule has 1 saturated carbocycles. The lowest BCUT2D eigenvalue weighted by molar-refractivity contribution is -0.142. The molecule has 1 fully saturated rings. The molecule has 0 radical (unpaired) electrons. The zero-order valence-corrected chi connectivity index (χ0v) is 14.2. The highest BCUT2D eigenvalue weighted by atomic mass is 16.5. The summed E-state index contributed by atoms with van der Waals surface area (Å²) in [6, 6.07) is 7.58. The summed E-state index contributed by atoms with van der Waals surface area (Å²) in [6.07, 6.45) is 8.80. The summed E-state index contributed by atoms with van der Waals surface area (Å²) in [4.78, 5) is 11.5. The monoisotopic (exact) mass is 318 g/mol. The van der Waals surface area contributed by atoms with Crippen molar-refractivity contribution in [1.82, 2.24) is 5.32 Å². The Labute approximate surface area is 139 Å². The second kappa shape index (κ2) is 9.68. The van der Waals surface area contributed by atoms with Gasteiger partial charge in [-0.2, -0.15) is 0 Å². The quantitative estimate of drug-likeness (QED) is 0.571. The third-order valence-electron chi connectivity index (χ3n) is 4.83. The summed E-state index contributed by atoms with van der Waals surface area (Å²) in [7, 11) is 1.38. The van der Waals surface area contributed by atoms with E-state index in [0.717, 1.165) is 24.6 Å². The van der Waals surface area contributed by atoms with E-state index in [1.165, 1.54) is 51.2 Å². The molecule has 4 heteroatoms. The van der Waals surface area contributed by atoms with Crippen molar-refractivity contribution in [3.8, 4) is 0 Å². The van der Waals surface area contributed by atoms with Crippen LogP contribution in [0.1, 0.15) is 49.7 Å². The Hall–Kier alpha value is -1.39. The first-order chi connectivity index (χ1) is 11.2. The summed E-state index contributed by atoms with van der Waals surface area (Å²) in [6.45, 7) is 1.89. The van der Waals surface area contributed by atoms with Gasteiger partial charge in [-0.15, -0.1) is 0 Å². The first kappa shape index (κ1) is 18.0. The summed E-state index contributed by atoms with van der Waals surface area (Å²) >= 11 is 0. The van der Waals surface area contributed by atoms with Crippen LogP contribution in [0.2, 0.25) is 0 Å². The van der Waals surface area contributed by atoms with E-state index in [0.29, 0.717) is 6.42 Å². The second-order valence-corrected chi connectivity index (χ2v) is 6.57. The lowest BCUT2D eigenvalue weighted by Crippen LogP contribution is -2.34.